The zero-order valence-electron chi connectivity index (χ0n) is 12.6. The molecule has 1 aliphatic heterocycles. The molecule has 0 saturated carbocycles. The van der Waals surface area contributed by atoms with Gasteiger partial charge in [0, 0.05) is 0 Å². The lowest BCUT2D eigenvalue weighted by Gasteiger charge is -2.43. The molecule has 1 aliphatic rings. The first-order chi connectivity index (χ1) is 12.7. The summed E-state index contributed by atoms with van der Waals surface area (Å²) in [6, 6.07) is -54.0. The van der Waals surface area contributed by atoms with Gasteiger partial charge in [-0.2, -0.15) is 79.0 Å². The fraction of sp³-hybridized carbons (Fsp3) is 0.889. The molecule has 30 heavy (non-hydrogen) atoms. The van der Waals surface area contributed by atoms with E-state index in [1.165, 1.54) is 0 Å². The van der Waals surface area contributed by atoms with Gasteiger partial charge in [0.2, 0.25) is 0 Å². The Morgan fingerprint density at radius 1 is 0.567 bits per heavy atom. The van der Waals surface area contributed by atoms with Crippen LogP contribution in [0.3, 0.4) is 0 Å². The van der Waals surface area contributed by atoms with E-state index >= 15 is 0 Å². The molecule has 3 nitrogen and oxygen atoms in total. The van der Waals surface area contributed by atoms with Gasteiger partial charge in [-0.3, -0.25) is 4.79 Å². The largest absolute Gasteiger partial charge is 0.469 e. The molecule has 0 amide bonds. The van der Waals surface area contributed by atoms with E-state index in [0.717, 1.165) is 0 Å². The van der Waals surface area contributed by atoms with Crippen LogP contribution in [0.2, 0.25) is 0 Å². The number of carbonyl (C=O) groups is 1. The standard InChI is InChI=1S/C9F18N2O/c10-1(30)2(11,12)28-5(18,19)3(13,14)6(20,21)29(7(22,23)4(15,16)17)9(26,27)8(28,24)25. The van der Waals surface area contributed by atoms with E-state index in [2.05, 4.69) is 0 Å². The minimum Gasteiger partial charge on any atom is -0.252 e. The minimum absolute atomic E-state index is 4.50. The van der Waals surface area contributed by atoms with E-state index in [0.29, 0.717) is 0 Å². The van der Waals surface area contributed by atoms with E-state index < -0.39 is 64.2 Å². The van der Waals surface area contributed by atoms with Crippen molar-refractivity contribution in [3.05, 3.63) is 0 Å². The first kappa shape index (κ1) is 26.4. The van der Waals surface area contributed by atoms with Crippen molar-refractivity contribution in [1.29, 1.82) is 0 Å². The first-order valence-corrected chi connectivity index (χ1v) is 6.20. The molecule has 1 saturated heterocycles. The number of nitrogens with zero attached hydrogens (tertiary/aromatic N) is 2. The van der Waals surface area contributed by atoms with Crippen LogP contribution in [0, 0.1) is 0 Å². The number of alkyl halides is 17. The van der Waals surface area contributed by atoms with E-state index in [4.69, 9.17) is 0 Å². The lowest BCUT2D eigenvalue weighted by atomic mass is 10.2. The summed E-state index contributed by atoms with van der Waals surface area (Å²) in [6.45, 7) is 0. The molecule has 178 valence electrons. The summed E-state index contributed by atoms with van der Waals surface area (Å²) in [4.78, 5) is 0.661. The van der Waals surface area contributed by atoms with Crippen molar-refractivity contribution in [2.24, 2.45) is 0 Å². The Labute approximate surface area is 149 Å². The van der Waals surface area contributed by atoms with Gasteiger partial charge in [0.15, 0.2) is 0 Å². The fourth-order valence-electron chi connectivity index (χ4n) is 2.00. The number of hydrogen-bond donors (Lipinski definition) is 0. The van der Waals surface area contributed by atoms with Crippen LogP contribution < -0.4 is 0 Å². The third-order valence-electron chi connectivity index (χ3n) is 3.38. The summed E-state index contributed by atoms with van der Waals surface area (Å²) in [6.07, 6.45) is -7.89. The smallest absolute Gasteiger partial charge is 0.252 e. The molecule has 0 N–H and O–H groups in total. The Kier molecular flexibility index (Phi) is 5.44. The summed E-state index contributed by atoms with van der Waals surface area (Å²) < 4.78 is 236. The molecule has 0 atom stereocenters. The molecule has 0 spiro atoms. The third kappa shape index (κ3) is 2.90. The molecule has 0 aromatic rings. The molecule has 21 heteroatoms. The van der Waals surface area contributed by atoms with E-state index in [-0.39, 0.29) is 0 Å². The Bertz CT molecular complexity index is 709. The molecule has 0 unspecified atom stereocenters. The number of carbonyl (C=O) groups excluding carboxylic acids is 1. The predicted molar refractivity (Wildman–Crippen MR) is 50.5 cm³/mol. The average Bonchev–Trinajstić information content (AvgIpc) is 2.43. The van der Waals surface area contributed by atoms with Crippen LogP contribution in [0.15, 0.2) is 0 Å². The zero-order chi connectivity index (χ0) is 24.7. The first-order valence-electron chi connectivity index (χ1n) is 6.20. The van der Waals surface area contributed by atoms with E-state index in [1.807, 2.05) is 0 Å². The summed E-state index contributed by atoms with van der Waals surface area (Å²) >= 11 is 0. The molecule has 0 aliphatic carbocycles. The van der Waals surface area contributed by atoms with Crippen molar-refractivity contribution in [3.8, 4) is 0 Å². The maximum Gasteiger partial charge on any atom is 0.469 e. The molecule has 0 aromatic heterocycles. The highest BCUT2D eigenvalue weighted by Gasteiger charge is 2.95. The van der Waals surface area contributed by atoms with Crippen LogP contribution >= 0.6 is 0 Å². The minimum atomic E-state index is -8.38. The second-order valence-corrected chi connectivity index (χ2v) is 5.26. The summed E-state index contributed by atoms with van der Waals surface area (Å²) in [7, 11) is 0. The summed E-state index contributed by atoms with van der Waals surface area (Å²) in [5.41, 5.74) is 0. The van der Waals surface area contributed by atoms with Crippen molar-refractivity contribution in [3.63, 3.8) is 0 Å². The van der Waals surface area contributed by atoms with Gasteiger partial charge in [-0.1, -0.05) is 4.90 Å². The monoisotopic (exact) mass is 494 g/mol. The number of halogens is 18. The molecule has 0 bridgehead atoms. The van der Waals surface area contributed by atoms with Crippen LogP contribution in [0.1, 0.15) is 0 Å². The molecular weight excluding hydrogens is 494 g/mol. The average molecular weight is 494 g/mol. The van der Waals surface area contributed by atoms with Crippen molar-refractivity contribution >= 4 is 6.04 Å². The van der Waals surface area contributed by atoms with Crippen LogP contribution in [0.25, 0.3) is 0 Å². The van der Waals surface area contributed by atoms with Crippen molar-refractivity contribution in [1.82, 2.24) is 9.80 Å². The Balaban J connectivity index is 4.23. The van der Waals surface area contributed by atoms with Gasteiger partial charge >= 0.3 is 54.4 Å². The van der Waals surface area contributed by atoms with Gasteiger partial charge in [0.25, 0.3) is 0 Å². The Hall–Kier alpha value is -1.67. The van der Waals surface area contributed by atoms with Crippen molar-refractivity contribution < 1.29 is 83.8 Å². The van der Waals surface area contributed by atoms with E-state index in [9.17, 15) is 83.8 Å². The number of hydrogen-bond acceptors (Lipinski definition) is 3. The van der Waals surface area contributed by atoms with Crippen LogP contribution in [-0.2, 0) is 4.79 Å². The van der Waals surface area contributed by atoms with Gasteiger partial charge in [-0.25, -0.2) is 0 Å². The second-order valence-electron chi connectivity index (χ2n) is 5.26. The molecule has 1 heterocycles. The lowest BCUT2D eigenvalue weighted by Crippen LogP contribution is -2.73. The maximum atomic E-state index is 13.6. The lowest BCUT2D eigenvalue weighted by molar-refractivity contribution is -0.484. The quantitative estimate of drug-likeness (QED) is 0.319. The molecule has 1 fully saturated rings. The van der Waals surface area contributed by atoms with Crippen molar-refractivity contribution in [2.75, 3.05) is 0 Å². The third-order valence-corrected chi connectivity index (χ3v) is 3.38. The van der Waals surface area contributed by atoms with Gasteiger partial charge in [-0.05, 0) is 0 Å². The van der Waals surface area contributed by atoms with Gasteiger partial charge < -0.3 is 0 Å². The summed E-state index contributed by atoms with van der Waals surface area (Å²) in [5, 5.41) is 0. The van der Waals surface area contributed by atoms with E-state index in [1.54, 1.807) is 0 Å². The highest BCUT2D eigenvalue weighted by Crippen LogP contribution is 2.65. The van der Waals surface area contributed by atoms with Gasteiger partial charge in [0.05, 0.1) is 0 Å². The second kappa shape index (κ2) is 6.19. The molecular formula is C9F18N2O. The number of rotatable bonds is 3. The molecule has 1 rings (SSSR count). The van der Waals surface area contributed by atoms with Crippen molar-refractivity contribution in [2.45, 2.75) is 48.4 Å². The molecule has 0 aromatic carbocycles. The Morgan fingerprint density at radius 2 is 0.867 bits per heavy atom. The predicted octanol–water partition coefficient (Wildman–Crippen LogP) is 4.85. The highest BCUT2D eigenvalue weighted by molar-refractivity contribution is 5.76. The van der Waals surface area contributed by atoms with Crippen LogP contribution in [0.5, 0.6) is 0 Å². The maximum absolute atomic E-state index is 13.6. The highest BCUT2D eigenvalue weighted by atomic mass is 19.4. The Morgan fingerprint density at radius 3 is 1.17 bits per heavy atom. The molecule has 0 radical (unpaired) electrons. The zero-order valence-corrected chi connectivity index (χ0v) is 12.6. The fourth-order valence-corrected chi connectivity index (χ4v) is 2.00. The SMILES string of the molecule is O=C(F)C(F)(F)N1C(F)(F)C(F)(F)N(C(F)(F)C(F)(F)F)C(F)(F)C(F)(F)C1(F)F. The summed E-state index contributed by atoms with van der Waals surface area (Å²) in [5.74, 6) is -8.38. The van der Waals surface area contributed by atoms with Crippen LogP contribution in [0.4, 0.5) is 79.0 Å². The normalized spacial score (nSPS) is 26.9. The van der Waals surface area contributed by atoms with Crippen LogP contribution in [-0.4, -0.2) is 64.2 Å². The topological polar surface area (TPSA) is 23.6 Å². The van der Waals surface area contributed by atoms with Gasteiger partial charge in [-0.15, -0.1) is 4.90 Å². The van der Waals surface area contributed by atoms with Gasteiger partial charge in [0.1, 0.15) is 0 Å².